The van der Waals surface area contributed by atoms with E-state index in [-0.39, 0.29) is 24.8 Å². The zero-order valence-corrected chi connectivity index (χ0v) is 15.1. The summed E-state index contributed by atoms with van der Waals surface area (Å²) < 4.78 is 4.64. The summed E-state index contributed by atoms with van der Waals surface area (Å²) in [5, 5.41) is 3.44. The van der Waals surface area contributed by atoms with Crippen LogP contribution in [0.3, 0.4) is 0 Å². The first kappa shape index (κ1) is 19.7. The molecule has 0 aromatic heterocycles. The third kappa shape index (κ3) is 7.20. The Labute approximate surface area is 146 Å². The number of carbonyl (C=O) groups is 2. The number of amides is 1. The van der Waals surface area contributed by atoms with E-state index in [9.17, 15) is 9.59 Å². The molecule has 1 N–H and O–H groups in total. The summed E-state index contributed by atoms with van der Waals surface area (Å²) in [6.07, 6.45) is 0.244. The van der Waals surface area contributed by atoms with Crippen LogP contribution in [0.2, 0.25) is 10.0 Å². The first-order chi connectivity index (χ1) is 10.8. The first-order valence-electron chi connectivity index (χ1n) is 7.36. The second kappa shape index (κ2) is 9.75. The Hall–Kier alpha value is -1.30. The van der Waals surface area contributed by atoms with E-state index in [0.29, 0.717) is 34.7 Å². The average Bonchev–Trinajstić information content (AvgIpc) is 2.48. The second-order valence-electron chi connectivity index (χ2n) is 5.60. The quantitative estimate of drug-likeness (QED) is 0.721. The van der Waals surface area contributed by atoms with Crippen LogP contribution in [-0.2, 0) is 14.3 Å². The van der Waals surface area contributed by atoms with Crippen molar-refractivity contribution in [2.75, 3.05) is 32.1 Å². The van der Waals surface area contributed by atoms with Crippen molar-refractivity contribution >= 4 is 40.8 Å². The topological polar surface area (TPSA) is 58.6 Å². The number of benzene rings is 1. The molecule has 1 aromatic rings. The number of ether oxygens (including phenoxy) is 1. The monoisotopic (exact) mass is 360 g/mol. The molecule has 0 aliphatic carbocycles. The SMILES string of the molecule is COC(=O)CCN(CC(=O)Nc1cccc(Cl)c1Cl)CC(C)C. The number of halogens is 2. The number of methoxy groups -OCH3 is 1. The lowest BCUT2D eigenvalue weighted by molar-refractivity contribution is -0.141. The van der Waals surface area contributed by atoms with Gasteiger partial charge in [-0.2, -0.15) is 0 Å². The summed E-state index contributed by atoms with van der Waals surface area (Å²) in [6, 6.07) is 5.06. The zero-order valence-electron chi connectivity index (χ0n) is 13.6. The fourth-order valence-electron chi connectivity index (χ4n) is 2.10. The highest BCUT2D eigenvalue weighted by atomic mass is 35.5. The molecule has 0 atom stereocenters. The number of rotatable bonds is 8. The van der Waals surface area contributed by atoms with Crippen LogP contribution in [-0.4, -0.2) is 43.5 Å². The molecule has 1 rings (SSSR count). The van der Waals surface area contributed by atoms with E-state index >= 15 is 0 Å². The summed E-state index contributed by atoms with van der Waals surface area (Å²) in [4.78, 5) is 25.4. The molecule has 0 saturated heterocycles. The van der Waals surface area contributed by atoms with Gasteiger partial charge in [-0.15, -0.1) is 0 Å². The number of hydrogen-bond donors (Lipinski definition) is 1. The number of nitrogens with one attached hydrogen (secondary N) is 1. The van der Waals surface area contributed by atoms with E-state index in [2.05, 4.69) is 23.9 Å². The average molecular weight is 361 g/mol. The first-order valence-corrected chi connectivity index (χ1v) is 8.12. The molecule has 0 bridgehead atoms. The van der Waals surface area contributed by atoms with Gasteiger partial charge in [0.1, 0.15) is 0 Å². The van der Waals surface area contributed by atoms with E-state index in [0.717, 1.165) is 0 Å². The van der Waals surface area contributed by atoms with E-state index in [1.165, 1.54) is 7.11 Å². The van der Waals surface area contributed by atoms with Crippen molar-refractivity contribution in [2.24, 2.45) is 5.92 Å². The van der Waals surface area contributed by atoms with Crippen LogP contribution < -0.4 is 5.32 Å². The fraction of sp³-hybridized carbons (Fsp3) is 0.500. The fourth-order valence-corrected chi connectivity index (χ4v) is 2.44. The van der Waals surface area contributed by atoms with Crippen LogP contribution in [0.25, 0.3) is 0 Å². The van der Waals surface area contributed by atoms with Crippen molar-refractivity contribution in [3.8, 4) is 0 Å². The Kier molecular flexibility index (Phi) is 8.37. The van der Waals surface area contributed by atoms with Crippen molar-refractivity contribution in [1.82, 2.24) is 4.90 Å². The number of anilines is 1. The van der Waals surface area contributed by atoms with Crippen LogP contribution in [0.1, 0.15) is 20.3 Å². The molecule has 1 amide bonds. The smallest absolute Gasteiger partial charge is 0.306 e. The normalized spacial score (nSPS) is 10.9. The number of hydrogen-bond acceptors (Lipinski definition) is 4. The molecule has 0 saturated carbocycles. The van der Waals surface area contributed by atoms with Gasteiger partial charge in [0, 0.05) is 13.1 Å². The van der Waals surface area contributed by atoms with Gasteiger partial charge >= 0.3 is 5.97 Å². The van der Waals surface area contributed by atoms with Crippen molar-refractivity contribution in [1.29, 1.82) is 0 Å². The van der Waals surface area contributed by atoms with Crippen LogP contribution in [0, 0.1) is 5.92 Å². The molecule has 1 aromatic carbocycles. The van der Waals surface area contributed by atoms with Gasteiger partial charge in [-0.1, -0.05) is 43.1 Å². The predicted octanol–water partition coefficient (Wildman–Crippen LogP) is 3.45. The van der Waals surface area contributed by atoms with Crippen LogP contribution in [0.4, 0.5) is 5.69 Å². The molecule has 0 aliphatic heterocycles. The molecule has 0 aliphatic rings. The molecule has 0 unspecified atom stereocenters. The molecule has 128 valence electrons. The zero-order chi connectivity index (χ0) is 17.4. The maximum atomic E-state index is 12.2. The van der Waals surface area contributed by atoms with Gasteiger partial charge in [0.05, 0.1) is 35.8 Å². The molecule has 23 heavy (non-hydrogen) atoms. The van der Waals surface area contributed by atoms with Crippen LogP contribution >= 0.6 is 23.2 Å². The molecule has 0 heterocycles. The highest BCUT2D eigenvalue weighted by molar-refractivity contribution is 6.43. The van der Waals surface area contributed by atoms with Crippen LogP contribution in [0.15, 0.2) is 18.2 Å². The van der Waals surface area contributed by atoms with Crippen molar-refractivity contribution in [3.63, 3.8) is 0 Å². The minimum absolute atomic E-state index is 0.165. The molecular weight excluding hydrogens is 339 g/mol. The predicted molar refractivity (Wildman–Crippen MR) is 93.0 cm³/mol. The van der Waals surface area contributed by atoms with Gasteiger partial charge < -0.3 is 10.1 Å². The van der Waals surface area contributed by atoms with Crippen molar-refractivity contribution in [2.45, 2.75) is 20.3 Å². The highest BCUT2D eigenvalue weighted by Gasteiger charge is 2.15. The van der Waals surface area contributed by atoms with Gasteiger partial charge in [-0.3, -0.25) is 14.5 Å². The Morgan fingerprint density at radius 2 is 2.00 bits per heavy atom. The Bertz CT molecular complexity index is 550. The van der Waals surface area contributed by atoms with Gasteiger partial charge in [0.2, 0.25) is 5.91 Å². The summed E-state index contributed by atoms with van der Waals surface area (Å²) in [5.41, 5.74) is 0.474. The number of esters is 1. The largest absolute Gasteiger partial charge is 0.469 e. The number of nitrogens with zero attached hydrogens (tertiary/aromatic N) is 1. The summed E-state index contributed by atoms with van der Waals surface area (Å²) in [7, 11) is 1.35. The maximum Gasteiger partial charge on any atom is 0.306 e. The summed E-state index contributed by atoms with van der Waals surface area (Å²) >= 11 is 12.0. The molecule has 0 radical (unpaired) electrons. The third-order valence-corrected chi connectivity index (χ3v) is 3.89. The second-order valence-corrected chi connectivity index (χ2v) is 6.39. The van der Waals surface area contributed by atoms with E-state index in [4.69, 9.17) is 23.2 Å². The Morgan fingerprint density at radius 3 is 2.61 bits per heavy atom. The lowest BCUT2D eigenvalue weighted by Crippen LogP contribution is -2.37. The van der Waals surface area contributed by atoms with Gasteiger partial charge in [-0.25, -0.2) is 0 Å². The molecule has 5 nitrogen and oxygen atoms in total. The minimum Gasteiger partial charge on any atom is -0.469 e. The maximum absolute atomic E-state index is 12.2. The third-order valence-electron chi connectivity index (χ3n) is 3.08. The summed E-state index contributed by atoms with van der Waals surface area (Å²) in [5.74, 6) is -0.132. The summed E-state index contributed by atoms with van der Waals surface area (Å²) in [6.45, 7) is 5.43. The highest BCUT2D eigenvalue weighted by Crippen LogP contribution is 2.29. The van der Waals surface area contributed by atoms with Crippen molar-refractivity contribution in [3.05, 3.63) is 28.2 Å². The van der Waals surface area contributed by atoms with Crippen molar-refractivity contribution < 1.29 is 14.3 Å². The lowest BCUT2D eigenvalue weighted by atomic mass is 10.2. The van der Waals surface area contributed by atoms with E-state index in [1.54, 1.807) is 18.2 Å². The van der Waals surface area contributed by atoms with E-state index < -0.39 is 0 Å². The van der Waals surface area contributed by atoms with Crippen LogP contribution in [0.5, 0.6) is 0 Å². The Morgan fingerprint density at radius 1 is 1.30 bits per heavy atom. The lowest BCUT2D eigenvalue weighted by Gasteiger charge is -2.23. The minimum atomic E-state index is -0.294. The Balaban J connectivity index is 2.64. The molecule has 0 fully saturated rings. The standard InChI is InChI=1S/C16H22Cl2N2O3/c1-11(2)9-20(8-7-15(22)23-3)10-14(21)19-13-6-4-5-12(17)16(13)18/h4-6,11H,7-10H2,1-3H3,(H,19,21). The molecule has 0 spiro atoms. The van der Waals surface area contributed by atoms with Gasteiger partial charge in [0.25, 0.3) is 0 Å². The van der Waals surface area contributed by atoms with Gasteiger partial charge in [0.15, 0.2) is 0 Å². The molecular formula is C16H22Cl2N2O3. The van der Waals surface area contributed by atoms with E-state index in [1.807, 2.05) is 4.90 Å². The van der Waals surface area contributed by atoms with Gasteiger partial charge in [-0.05, 0) is 18.1 Å². The number of carbonyl (C=O) groups excluding carboxylic acids is 2. The molecule has 7 heteroatoms.